The molecule has 14 heavy (non-hydrogen) atoms. The van der Waals surface area contributed by atoms with Gasteiger partial charge in [-0.25, -0.2) is 0 Å². The van der Waals surface area contributed by atoms with Gasteiger partial charge in [-0.1, -0.05) is 50.4 Å². The van der Waals surface area contributed by atoms with Crippen molar-refractivity contribution in [2.75, 3.05) is 6.61 Å². The molecule has 0 amide bonds. The average Bonchev–Trinajstić information content (AvgIpc) is 2.26. The number of hydrogen-bond donors (Lipinski definition) is 1. The number of rotatable bonds is 4. The molecule has 0 bridgehead atoms. The molecule has 74 valence electrons. The van der Waals surface area contributed by atoms with Crippen molar-refractivity contribution >= 4 is 12.2 Å². The van der Waals surface area contributed by atoms with Crippen molar-refractivity contribution in [3.63, 3.8) is 0 Å². The monoisotopic (exact) mass is 188 g/mol. The van der Waals surface area contributed by atoms with Crippen LogP contribution in [0.5, 0.6) is 0 Å². The Balaban J connectivity index is 3.28. The molecule has 0 radical (unpaired) electrons. The van der Waals surface area contributed by atoms with E-state index >= 15 is 0 Å². The fourth-order valence-electron chi connectivity index (χ4n) is 1.54. The van der Waals surface area contributed by atoms with Crippen molar-refractivity contribution in [3.8, 4) is 0 Å². The van der Waals surface area contributed by atoms with Crippen LogP contribution in [0, 0.1) is 0 Å². The van der Waals surface area contributed by atoms with E-state index in [2.05, 4.69) is 13.2 Å². The first kappa shape index (κ1) is 10.7. The zero-order chi connectivity index (χ0) is 10.6. The first-order valence-electron chi connectivity index (χ1n) is 4.73. The highest BCUT2D eigenvalue weighted by atomic mass is 16.3. The van der Waals surface area contributed by atoms with Gasteiger partial charge in [-0.3, -0.25) is 0 Å². The van der Waals surface area contributed by atoms with E-state index in [4.69, 9.17) is 5.11 Å². The first-order valence-corrected chi connectivity index (χ1v) is 4.73. The maximum absolute atomic E-state index is 9.11. The second-order valence-corrected chi connectivity index (χ2v) is 3.34. The van der Waals surface area contributed by atoms with Crippen LogP contribution in [0.15, 0.2) is 31.4 Å². The van der Waals surface area contributed by atoms with Gasteiger partial charge >= 0.3 is 0 Å². The summed E-state index contributed by atoms with van der Waals surface area (Å²) in [6.07, 6.45) is 3.63. The molecule has 0 spiro atoms. The third kappa shape index (κ3) is 1.94. The normalized spacial score (nSPS) is 12.1. The van der Waals surface area contributed by atoms with Gasteiger partial charge in [-0.2, -0.15) is 0 Å². The number of benzene rings is 1. The van der Waals surface area contributed by atoms with Gasteiger partial charge in [0.25, 0.3) is 0 Å². The molecule has 1 atom stereocenters. The Kier molecular flexibility index (Phi) is 3.66. The van der Waals surface area contributed by atoms with Gasteiger partial charge < -0.3 is 5.11 Å². The van der Waals surface area contributed by atoms with E-state index in [0.717, 1.165) is 16.7 Å². The number of aliphatic hydroxyl groups is 1. The molecule has 1 aromatic carbocycles. The van der Waals surface area contributed by atoms with Crippen LogP contribution in [-0.4, -0.2) is 11.7 Å². The van der Waals surface area contributed by atoms with Crippen molar-refractivity contribution in [3.05, 3.63) is 48.0 Å². The van der Waals surface area contributed by atoms with Crippen molar-refractivity contribution in [2.24, 2.45) is 0 Å². The Morgan fingerprint density at radius 1 is 1.36 bits per heavy atom. The largest absolute Gasteiger partial charge is 0.396 e. The smallest absolute Gasteiger partial charge is 0.0497 e. The molecule has 0 aromatic heterocycles. The summed E-state index contributed by atoms with van der Waals surface area (Å²) in [4.78, 5) is 0. The Labute approximate surface area is 85.4 Å². The molecule has 0 saturated heterocycles. The molecule has 0 fully saturated rings. The van der Waals surface area contributed by atoms with Gasteiger partial charge in [-0.05, 0) is 16.7 Å². The highest BCUT2D eigenvalue weighted by Crippen LogP contribution is 2.24. The SMILES string of the molecule is C=Cc1cccc(C(C)CO)c1C=C. The molecule has 0 aliphatic heterocycles. The van der Waals surface area contributed by atoms with E-state index in [9.17, 15) is 0 Å². The molecule has 1 rings (SSSR count). The van der Waals surface area contributed by atoms with Crippen LogP contribution in [-0.2, 0) is 0 Å². The zero-order valence-corrected chi connectivity index (χ0v) is 8.53. The van der Waals surface area contributed by atoms with Gasteiger partial charge in [0.2, 0.25) is 0 Å². The molecule has 0 aliphatic rings. The van der Waals surface area contributed by atoms with E-state index in [1.807, 2.05) is 37.3 Å². The standard InChI is InChI=1S/C13H16O/c1-4-11-7-6-8-13(10(3)9-14)12(11)5-2/h4-8,10,14H,1-2,9H2,3H3. The third-order valence-corrected chi connectivity index (χ3v) is 2.40. The van der Waals surface area contributed by atoms with Crippen molar-refractivity contribution in [1.29, 1.82) is 0 Å². The van der Waals surface area contributed by atoms with Crippen molar-refractivity contribution < 1.29 is 5.11 Å². The molecule has 0 aliphatic carbocycles. The maximum atomic E-state index is 9.11. The van der Waals surface area contributed by atoms with Crippen LogP contribution in [0.25, 0.3) is 12.2 Å². The minimum Gasteiger partial charge on any atom is -0.396 e. The van der Waals surface area contributed by atoms with Crippen LogP contribution >= 0.6 is 0 Å². The molecule has 1 nitrogen and oxygen atoms in total. The molecule has 1 N–H and O–H groups in total. The van der Waals surface area contributed by atoms with E-state index in [-0.39, 0.29) is 12.5 Å². The van der Waals surface area contributed by atoms with Gasteiger partial charge in [0, 0.05) is 12.5 Å². The van der Waals surface area contributed by atoms with Gasteiger partial charge in [0.05, 0.1) is 0 Å². The Hall–Kier alpha value is -1.34. The van der Waals surface area contributed by atoms with E-state index in [1.165, 1.54) is 0 Å². The Morgan fingerprint density at radius 3 is 2.57 bits per heavy atom. The molecule has 1 aromatic rings. The molecule has 1 heteroatoms. The van der Waals surface area contributed by atoms with Gasteiger partial charge in [-0.15, -0.1) is 0 Å². The summed E-state index contributed by atoms with van der Waals surface area (Å²) in [6.45, 7) is 9.69. The van der Waals surface area contributed by atoms with E-state index < -0.39 is 0 Å². The number of hydrogen-bond acceptors (Lipinski definition) is 1. The lowest BCUT2D eigenvalue weighted by Gasteiger charge is -2.14. The predicted molar refractivity (Wildman–Crippen MR) is 62.1 cm³/mol. The summed E-state index contributed by atoms with van der Waals surface area (Å²) < 4.78 is 0. The van der Waals surface area contributed by atoms with Crippen LogP contribution in [0.4, 0.5) is 0 Å². The zero-order valence-electron chi connectivity index (χ0n) is 8.53. The first-order chi connectivity index (χ1) is 6.74. The molecule has 0 saturated carbocycles. The summed E-state index contributed by atoms with van der Waals surface area (Å²) in [5.41, 5.74) is 3.27. The highest BCUT2D eigenvalue weighted by molar-refractivity contribution is 5.66. The van der Waals surface area contributed by atoms with Crippen LogP contribution in [0.1, 0.15) is 29.5 Å². The van der Waals surface area contributed by atoms with Crippen molar-refractivity contribution in [1.82, 2.24) is 0 Å². The fraction of sp³-hybridized carbons (Fsp3) is 0.231. The van der Waals surface area contributed by atoms with E-state index in [0.29, 0.717) is 0 Å². The van der Waals surface area contributed by atoms with Crippen LogP contribution in [0.3, 0.4) is 0 Å². The predicted octanol–water partition coefficient (Wildman–Crippen LogP) is 3.07. The molecular weight excluding hydrogens is 172 g/mol. The summed E-state index contributed by atoms with van der Waals surface area (Å²) in [6, 6.07) is 5.99. The number of aliphatic hydroxyl groups excluding tert-OH is 1. The minimum atomic E-state index is 0.142. The summed E-state index contributed by atoms with van der Waals surface area (Å²) in [5.74, 6) is 0.142. The van der Waals surface area contributed by atoms with Crippen molar-refractivity contribution in [2.45, 2.75) is 12.8 Å². The van der Waals surface area contributed by atoms with Crippen LogP contribution in [0.2, 0.25) is 0 Å². The third-order valence-electron chi connectivity index (χ3n) is 2.40. The Bertz CT molecular complexity index is 339. The average molecular weight is 188 g/mol. The van der Waals surface area contributed by atoms with Crippen LogP contribution < -0.4 is 0 Å². The lowest BCUT2D eigenvalue weighted by Crippen LogP contribution is -2.02. The quantitative estimate of drug-likeness (QED) is 0.770. The molecule has 0 heterocycles. The summed E-state index contributed by atoms with van der Waals surface area (Å²) >= 11 is 0. The molecular formula is C13H16O. The summed E-state index contributed by atoms with van der Waals surface area (Å²) in [5, 5.41) is 9.11. The maximum Gasteiger partial charge on any atom is 0.0497 e. The Morgan fingerprint density at radius 2 is 2.07 bits per heavy atom. The van der Waals surface area contributed by atoms with E-state index in [1.54, 1.807) is 0 Å². The topological polar surface area (TPSA) is 20.2 Å². The molecule has 1 unspecified atom stereocenters. The lowest BCUT2D eigenvalue weighted by atomic mass is 9.93. The van der Waals surface area contributed by atoms with Gasteiger partial charge in [0.1, 0.15) is 0 Å². The lowest BCUT2D eigenvalue weighted by molar-refractivity contribution is 0.273. The second-order valence-electron chi connectivity index (χ2n) is 3.34. The highest BCUT2D eigenvalue weighted by Gasteiger charge is 2.09. The second kappa shape index (κ2) is 4.77. The minimum absolute atomic E-state index is 0.142. The fourth-order valence-corrected chi connectivity index (χ4v) is 1.54. The van der Waals surface area contributed by atoms with Gasteiger partial charge in [0.15, 0.2) is 0 Å². The summed E-state index contributed by atoms with van der Waals surface area (Å²) in [7, 11) is 0.